The van der Waals surface area contributed by atoms with Crippen LogP contribution in [0.25, 0.3) is 0 Å². The number of hydrogen-bond donors (Lipinski definition) is 0. The molecular formula is C22H23N3O2S. The molecule has 5 nitrogen and oxygen atoms in total. The van der Waals surface area contributed by atoms with Gasteiger partial charge >= 0.3 is 0 Å². The number of aromatic nitrogens is 2. The number of hydrogen-bond acceptors (Lipinski definition) is 4. The highest BCUT2D eigenvalue weighted by atomic mass is 32.1. The highest BCUT2D eigenvalue weighted by molar-refractivity contribution is 7.10. The number of rotatable bonds is 3. The van der Waals surface area contributed by atoms with Crippen LogP contribution in [-0.2, 0) is 23.3 Å². The van der Waals surface area contributed by atoms with E-state index >= 15 is 0 Å². The zero-order valence-electron chi connectivity index (χ0n) is 15.7. The summed E-state index contributed by atoms with van der Waals surface area (Å²) < 4.78 is 8.08. The second-order valence-corrected chi connectivity index (χ2v) is 8.56. The number of amides is 1. The summed E-state index contributed by atoms with van der Waals surface area (Å²) in [6.07, 6.45) is 6.27. The maximum absolute atomic E-state index is 13.0. The summed E-state index contributed by atoms with van der Waals surface area (Å²) in [6.45, 7) is 2.90. The zero-order chi connectivity index (χ0) is 19.0. The molecule has 4 heterocycles. The van der Waals surface area contributed by atoms with Gasteiger partial charge in [-0.05, 0) is 35.4 Å². The van der Waals surface area contributed by atoms with Gasteiger partial charge < -0.3 is 9.64 Å². The lowest BCUT2D eigenvalue weighted by molar-refractivity contribution is -0.0926. The summed E-state index contributed by atoms with van der Waals surface area (Å²) in [6, 6.07) is 12.4. The van der Waals surface area contributed by atoms with Crippen molar-refractivity contribution in [3.8, 4) is 0 Å². The van der Waals surface area contributed by atoms with E-state index < -0.39 is 0 Å². The molecule has 0 bridgehead atoms. The Morgan fingerprint density at radius 1 is 1.18 bits per heavy atom. The van der Waals surface area contributed by atoms with Gasteiger partial charge in [0.15, 0.2) is 0 Å². The van der Waals surface area contributed by atoms with Gasteiger partial charge in [0, 0.05) is 30.6 Å². The monoisotopic (exact) mass is 393 g/mol. The van der Waals surface area contributed by atoms with E-state index in [1.54, 1.807) is 6.20 Å². The minimum Gasteiger partial charge on any atom is -0.370 e. The molecule has 0 unspecified atom stereocenters. The molecular weight excluding hydrogens is 370 g/mol. The number of ether oxygens (including phenoxy) is 1. The summed E-state index contributed by atoms with van der Waals surface area (Å²) >= 11 is 1.83. The number of thiophene rings is 1. The Kier molecular flexibility index (Phi) is 4.53. The smallest absolute Gasteiger partial charge is 0.257 e. The first kappa shape index (κ1) is 17.6. The molecule has 1 fully saturated rings. The van der Waals surface area contributed by atoms with Gasteiger partial charge in [-0.1, -0.05) is 30.3 Å². The second-order valence-electron chi connectivity index (χ2n) is 7.55. The predicted octanol–water partition coefficient (Wildman–Crippen LogP) is 3.70. The molecule has 2 aliphatic rings. The molecule has 3 aromatic rings. The Bertz CT molecular complexity index is 971. The SMILES string of the molecule is O=C(c1cnn(Cc2ccccc2)c1)N1CCC2(CC1)OCCc1sccc12. The van der Waals surface area contributed by atoms with E-state index in [2.05, 4.69) is 28.7 Å². The Morgan fingerprint density at radius 3 is 2.82 bits per heavy atom. The molecule has 0 radical (unpaired) electrons. The number of fused-ring (bicyclic) bond motifs is 2. The third-order valence-electron chi connectivity index (χ3n) is 5.87. The number of benzene rings is 1. The van der Waals surface area contributed by atoms with Crippen molar-refractivity contribution in [3.05, 3.63) is 75.7 Å². The molecule has 1 aromatic carbocycles. The fourth-order valence-corrected chi connectivity index (χ4v) is 5.31. The summed E-state index contributed by atoms with van der Waals surface area (Å²) in [5.41, 5.74) is 2.99. The molecule has 6 heteroatoms. The summed E-state index contributed by atoms with van der Waals surface area (Å²) in [5, 5.41) is 6.55. The first-order valence-corrected chi connectivity index (χ1v) is 10.7. The highest BCUT2D eigenvalue weighted by Crippen LogP contribution is 2.43. The van der Waals surface area contributed by atoms with E-state index in [0.29, 0.717) is 12.1 Å². The minimum atomic E-state index is -0.193. The van der Waals surface area contributed by atoms with Gasteiger partial charge in [0.25, 0.3) is 5.91 Å². The van der Waals surface area contributed by atoms with Crippen molar-refractivity contribution in [2.45, 2.75) is 31.4 Å². The van der Waals surface area contributed by atoms with Crippen molar-refractivity contribution >= 4 is 17.2 Å². The minimum absolute atomic E-state index is 0.0653. The van der Waals surface area contributed by atoms with E-state index in [1.807, 2.05) is 45.3 Å². The normalized spacial score (nSPS) is 18.2. The van der Waals surface area contributed by atoms with E-state index in [0.717, 1.165) is 39.0 Å². The number of likely N-dealkylation sites (tertiary alicyclic amines) is 1. The third-order valence-corrected chi connectivity index (χ3v) is 6.85. The van der Waals surface area contributed by atoms with Crippen molar-refractivity contribution in [3.63, 3.8) is 0 Å². The average molecular weight is 394 g/mol. The van der Waals surface area contributed by atoms with Crippen molar-refractivity contribution in [1.29, 1.82) is 0 Å². The molecule has 2 aromatic heterocycles. The Morgan fingerprint density at radius 2 is 2.00 bits per heavy atom. The molecule has 144 valence electrons. The molecule has 0 atom stereocenters. The fourth-order valence-electron chi connectivity index (χ4n) is 4.36. The molecule has 0 aliphatic carbocycles. The average Bonchev–Trinajstić information content (AvgIpc) is 3.39. The van der Waals surface area contributed by atoms with Crippen LogP contribution in [0.3, 0.4) is 0 Å². The summed E-state index contributed by atoms with van der Waals surface area (Å²) in [7, 11) is 0. The standard InChI is InChI=1S/C22H23N3O2S/c26-21(18-14-23-25(16-18)15-17-4-2-1-3-5-17)24-10-8-22(9-11-24)19-7-13-28-20(19)6-12-27-22/h1-5,7,13-14,16H,6,8-12,15H2. The van der Waals surface area contributed by atoms with E-state index in [-0.39, 0.29) is 11.5 Å². The van der Waals surface area contributed by atoms with Crippen molar-refractivity contribution in [1.82, 2.24) is 14.7 Å². The van der Waals surface area contributed by atoms with Gasteiger partial charge in [-0.3, -0.25) is 9.48 Å². The van der Waals surface area contributed by atoms with Gasteiger partial charge in [-0.2, -0.15) is 5.10 Å². The molecule has 0 saturated carbocycles. The van der Waals surface area contributed by atoms with Crippen LogP contribution in [0.1, 0.15) is 39.2 Å². The number of carbonyl (C=O) groups excluding carboxylic acids is 1. The van der Waals surface area contributed by atoms with Gasteiger partial charge in [-0.15, -0.1) is 11.3 Å². The predicted molar refractivity (Wildman–Crippen MR) is 109 cm³/mol. The molecule has 2 aliphatic heterocycles. The Labute approximate surface area is 168 Å². The van der Waals surface area contributed by atoms with E-state index in [1.165, 1.54) is 16.0 Å². The second kappa shape index (κ2) is 7.18. The van der Waals surface area contributed by atoms with Gasteiger partial charge in [0.05, 0.1) is 30.5 Å². The lowest BCUT2D eigenvalue weighted by atomic mass is 9.82. The largest absolute Gasteiger partial charge is 0.370 e. The maximum Gasteiger partial charge on any atom is 0.257 e. The van der Waals surface area contributed by atoms with Gasteiger partial charge in [0.1, 0.15) is 0 Å². The van der Waals surface area contributed by atoms with E-state index in [9.17, 15) is 4.79 Å². The van der Waals surface area contributed by atoms with Crippen LogP contribution in [0.5, 0.6) is 0 Å². The molecule has 1 amide bonds. The number of carbonyl (C=O) groups is 1. The first-order chi connectivity index (χ1) is 13.7. The fraction of sp³-hybridized carbons (Fsp3) is 0.364. The van der Waals surface area contributed by atoms with Crippen LogP contribution in [0.4, 0.5) is 0 Å². The molecule has 1 saturated heterocycles. The molecule has 5 rings (SSSR count). The van der Waals surface area contributed by atoms with Crippen LogP contribution < -0.4 is 0 Å². The Hall–Kier alpha value is -2.44. The van der Waals surface area contributed by atoms with Crippen LogP contribution >= 0.6 is 11.3 Å². The van der Waals surface area contributed by atoms with Crippen LogP contribution in [0.2, 0.25) is 0 Å². The van der Waals surface area contributed by atoms with Crippen LogP contribution in [0, 0.1) is 0 Å². The topological polar surface area (TPSA) is 47.4 Å². The van der Waals surface area contributed by atoms with Gasteiger partial charge in [0.2, 0.25) is 0 Å². The van der Waals surface area contributed by atoms with Crippen molar-refractivity contribution in [2.75, 3.05) is 19.7 Å². The lowest BCUT2D eigenvalue weighted by Gasteiger charge is -2.44. The Balaban J connectivity index is 1.26. The third kappa shape index (κ3) is 3.16. The molecule has 0 N–H and O–H groups in total. The van der Waals surface area contributed by atoms with Crippen LogP contribution in [-0.4, -0.2) is 40.3 Å². The quantitative estimate of drug-likeness (QED) is 0.682. The van der Waals surface area contributed by atoms with Crippen molar-refractivity contribution in [2.24, 2.45) is 0 Å². The number of nitrogens with zero attached hydrogens (tertiary/aromatic N) is 3. The first-order valence-electron chi connectivity index (χ1n) is 9.80. The lowest BCUT2D eigenvalue weighted by Crippen LogP contribution is -2.48. The maximum atomic E-state index is 13.0. The summed E-state index contributed by atoms with van der Waals surface area (Å²) in [5.74, 6) is 0.0653. The highest BCUT2D eigenvalue weighted by Gasteiger charge is 2.42. The zero-order valence-corrected chi connectivity index (χ0v) is 16.5. The van der Waals surface area contributed by atoms with Gasteiger partial charge in [-0.25, -0.2) is 0 Å². The summed E-state index contributed by atoms with van der Waals surface area (Å²) in [4.78, 5) is 16.4. The molecule has 1 spiro atoms. The van der Waals surface area contributed by atoms with Crippen LogP contribution in [0.15, 0.2) is 54.2 Å². The molecule has 28 heavy (non-hydrogen) atoms. The number of piperidine rings is 1. The van der Waals surface area contributed by atoms with Crippen molar-refractivity contribution < 1.29 is 9.53 Å². The van der Waals surface area contributed by atoms with E-state index in [4.69, 9.17) is 4.74 Å².